The van der Waals surface area contributed by atoms with Gasteiger partial charge in [-0.25, -0.2) is 9.37 Å². The first-order chi connectivity index (χ1) is 14.4. The number of rotatable bonds is 8. The zero-order valence-corrected chi connectivity index (χ0v) is 18.8. The number of thioether (sulfide) groups is 1. The normalized spacial score (nSPS) is 11.8. The molecule has 8 heteroatoms. The molecule has 1 atom stereocenters. The summed E-state index contributed by atoms with van der Waals surface area (Å²) < 4.78 is 24.3. The van der Waals surface area contributed by atoms with E-state index in [1.54, 1.807) is 33.3 Å². The second-order valence-corrected chi connectivity index (χ2v) is 8.81. The van der Waals surface area contributed by atoms with E-state index in [1.165, 1.54) is 29.2 Å². The first kappa shape index (κ1) is 22.1. The first-order valence-electron chi connectivity index (χ1n) is 9.26. The van der Waals surface area contributed by atoms with Crippen molar-refractivity contribution in [2.45, 2.75) is 24.9 Å². The summed E-state index contributed by atoms with van der Waals surface area (Å²) in [5.74, 6) is 1.42. The number of amides is 1. The van der Waals surface area contributed by atoms with Crippen molar-refractivity contribution in [1.82, 2.24) is 4.98 Å². The fourth-order valence-electron chi connectivity index (χ4n) is 2.68. The SMILES string of the molecule is COc1ccc(-c2nc(CSC(C)C(=O)Nc3ccc(C)c(F)c3)cs2)cc1OC. The van der Waals surface area contributed by atoms with E-state index in [4.69, 9.17) is 9.47 Å². The summed E-state index contributed by atoms with van der Waals surface area (Å²) in [6.07, 6.45) is 0. The van der Waals surface area contributed by atoms with Crippen molar-refractivity contribution >= 4 is 34.7 Å². The number of halogens is 1. The maximum Gasteiger partial charge on any atom is 0.237 e. The number of thiazole rings is 1. The van der Waals surface area contributed by atoms with Gasteiger partial charge < -0.3 is 14.8 Å². The molecule has 1 aromatic heterocycles. The molecule has 158 valence electrons. The van der Waals surface area contributed by atoms with Crippen molar-refractivity contribution in [2.75, 3.05) is 19.5 Å². The van der Waals surface area contributed by atoms with Crippen LogP contribution in [-0.4, -0.2) is 30.4 Å². The van der Waals surface area contributed by atoms with Crippen LogP contribution >= 0.6 is 23.1 Å². The highest BCUT2D eigenvalue weighted by atomic mass is 32.2. The number of nitrogens with one attached hydrogen (secondary N) is 1. The third kappa shape index (κ3) is 5.31. The Bertz CT molecular complexity index is 1040. The summed E-state index contributed by atoms with van der Waals surface area (Å²) in [6, 6.07) is 10.4. The molecule has 30 heavy (non-hydrogen) atoms. The fourth-order valence-corrected chi connectivity index (χ4v) is 4.38. The minimum Gasteiger partial charge on any atom is -0.493 e. The number of ether oxygens (including phenoxy) is 2. The van der Waals surface area contributed by atoms with E-state index in [2.05, 4.69) is 10.3 Å². The van der Waals surface area contributed by atoms with E-state index in [0.717, 1.165) is 16.3 Å². The van der Waals surface area contributed by atoms with Gasteiger partial charge in [-0.2, -0.15) is 0 Å². The molecule has 0 radical (unpaired) electrons. The molecule has 3 aromatic rings. The van der Waals surface area contributed by atoms with Gasteiger partial charge in [0.1, 0.15) is 10.8 Å². The average Bonchev–Trinajstić information content (AvgIpc) is 3.23. The lowest BCUT2D eigenvalue weighted by Gasteiger charge is -2.12. The summed E-state index contributed by atoms with van der Waals surface area (Å²) in [5.41, 5.74) is 2.85. The second kappa shape index (κ2) is 9.95. The van der Waals surface area contributed by atoms with Gasteiger partial charge in [-0.1, -0.05) is 6.07 Å². The largest absolute Gasteiger partial charge is 0.493 e. The van der Waals surface area contributed by atoms with E-state index < -0.39 is 0 Å². The fraction of sp³-hybridized carbons (Fsp3) is 0.273. The second-order valence-electron chi connectivity index (χ2n) is 6.62. The van der Waals surface area contributed by atoms with E-state index >= 15 is 0 Å². The van der Waals surface area contributed by atoms with Crippen LogP contribution in [-0.2, 0) is 10.5 Å². The van der Waals surface area contributed by atoms with Crippen LogP contribution in [0.1, 0.15) is 18.2 Å². The van der Waals surface area contributed by atoms with Gasteiger partial charge in [0.05, 0.1) is 25.2 Å². The molecule has 0 bridgehead atoms. The standard InChI is InChI=1S/C22H23FN2O3S2/c1-13-5-7-16(10-18(13)23)24-21(26)14(2)29-11-17-12-30-22(25-17)15-6-8-19(27-3)20(9-15)28-4/h5-10,12,14H,11H2,1-4H3,(H,24,26). The smallest absolute Gasteiger partial charge is 0.237 e. The minimum atomic E-state index is -0.335. The molecule has 0 fully saturated rings. The Morgan fingerprint density at radius 1 is 1.20 bits per heavy atom. The van der Waals surface area contributed by atoms with Gasteiger partial charge in [0, 0.05) is 22.4 Å². The van der Waals surface area contributed by atoms with Crippen molar-refractivity contribution in [2.24, 2.45) is 0 Å². The predicted octanol–water partition coefficient (Wildman–Crippen LogP) is 5.54. The average molecular weight is 447 g/mol. The van der Waals surface area contributed by atoms with Crippen LogP contribution in [0.3, 0.4) is 0 Å². The number of anilines is 1. The molecule has 0 saturated heterocycles. The first-order valence-corrected chi connectivity index (χ1v) is 11.2. The topological polar surface area (TPSA) is 60.5 Å². The molecule has 1 amide bonds. The number of aromatic nitrogens is 1. The maximum atomic E-state index is 13.7. The Kier molecular flexibility index (Phi) is 7.33. The molecule has 1 N–H and O–H groups in total. The molecule has 1 heterocycles. The molecule has 0 aliphatic carbocycles. The number of hydrogen-bond acceptors (Lipinski definition) is 6. The number of benzene rings is 2. The quantitative estimate of drug-likeness (QED) is 0.493. The van der Waals surface area contributed by atoms with Gasteiger partial charge in [0.25, 0.3) is 0 Å². The zero-order chi connectivity index (χ0) is 21.7. The van der Waals surface area contributed by atoms with E-state index in [-0.39, 0.29) is 17.0 Å². The monoisotopic (exact) mass is 446 g/mol. The van der Waals surface area contributed by atoms with Crippen LogP contribution in [0.5, 0.6) is 11.5 Å². The number of methoxy groups -OCH3 is 2. The number of carbonyl (C=O) groups excluding carboxylic acids is 1. The van der Waals surface area contributed by atoms with Crippen LogP contribution in [0.25, 0.3) is 10.6 Å². The molecule has 0 spiro atoms. The Morgan fingerprint density at radius 3 is 2.67 bits per heavy atom. The summed E-state index contributed by atoms with van der Waals surface area (Å²) >= 11 is 3.02. The molecular formula is C22H23FN2O3S2. The molecule has 0 saturated carbocycles. The molecule has 1 unspecified atom stereocenters. The Balaban J connectivity index is 1.59. The van der Waals surface area contributed by atoms with Crippen LogP contribution in [0, 0.1) is 12.7 Å². The summed E-state index contributed by atoms with van der Waals surface area (Å²) in [5, 5.41) is 5.31. The van der Waals surface area contributed by atoms with Gasteiger partial charge in [0.2, 0.25) is 5.91 Å². The third-order valence-corrected chi connectivity index (χ3v) is 6.59. The van der Waals surface area contributed by atoms with Crippen molar-refractivity contribution in [3.8, 4) is 22.1 Å². The highest BCUT2D eigenvalue weighted by Crippen LogP contribution is 2.34. The zero-order valence-electron chi connectivity index (χ0n) is 17.2. The number of carbonyl (C=O) groups is 1. The van der Waals surface area contributed by atoms with Crippen molar-refractivity contribution < 1.29 is 18.7 Å². The Morgan fingerprint density at radius 2 is 1.97 bits per heavy atom. The predicted molar refractivity (Wildman–Crippen MR) is 121 cm³/mol. The third-order valence-electron chi connectivity index (χ3n) is 4.47. The van der Waals surface area contributed by atoms with Gasteiger partial charge in [-0.15, -0.1) is 23.1 Å². The van der Waals surface area contributed by atoms with Crippen LogP contribution < -0.4 is 14.8 Å². The van der Waals surface area contributed by atoms with Gasteiger partial charge in [-0.3, -0.25) is 4.79 Å². The van der Waals surface area contributed by atoms with Crippen molar-refractivity contribution in [3.63, 3.8) is 0 Å². The number of nitrogens with zero attached hydrogens (tertiary/aromatic N) is 1. The van der Waals surface area contributed by atoms with Crippen LogP contribution in [0.15, 0.2) is 41.8 Å². The summed E-state index contributed by atoms with van der Waals surface area (Å²) in [7, 11) is 3.20. The molecule has 2 aromatic carbocycles. The van der Waals surface area contributed by atoms with Crippen molar-refractivity contribution in [3.05, 3.63) is 58.9 Å². The highest BCUT2D eigenvalue weighted by molar-refractivity contribution is 7.99. The van der Waals surface area contributed by atoms with Gasteiger partial charge in [0.15, 0.2) is 11.5 Å². The van der Waals surface area contributed by atoms with Crippen LogP contribution in [0.4, 0.5) is 10.1 Å². The highest BCUT2D eigenvalue weighted by Gasteiger charge is 2.16. The lowest BCUT2D eigenvalue weighted by atomic mass is 10.2. The lowest BCUT2D eigenvalue weighted by molar-refractivity contribution is -0.115. The number of aryl methyl sites for hydroxylation is 1. The van der Waals surface area contributed by atoms with Crippen LogP contribution in [0.2, 0.25) is 0 Å². The Labute approximate surface area is 183 Å². The summed E-state index contributed by atoms with van der Waals surface area (Å²) in [6.45, 7) is 3.51. The molecular weight excluding hydrogens is 423 g/mol. The molecule has 0 aliphatic rings. The van der Waals surface area contributed by atoms with Gasteiger partial charge >= 0.3 is 0 Å². The molecule has 5 nitrogen and oxygen atoms in total. The number of hydrogen-bond donors (Lipinski definition) is 1. The van der Waals surface area contributed by atoms with E-state index in [1.807, 2.05) is 30.5 Å². The van der Waals surface area contributed by atoms with Crippen molar-refractivity contribution in [1.29, 1.82) is 0 Å². The lowest BCUT2D eigenvalue weighted by Crippen LogP contribution is -2.22. The summed E-state index contributed by atoms with van der Waals surface area (Å²) in [4.78, 5) is 17.1. The minimum absolute atomic E-state index is 0.168. The van der Waals surface area contributed by atoms with Gasteiger partial charge in [-0.05, 0) is 49.7 Å². The maximum absolute atomic E-state index is 13.7. The molecule has 3 rings (SSSR count). The van der Waals surface area contributed by atoms with E-state index in [9.17, 15) is 9.18 Å². The molecule has 0 aliphatic heterocycles. The van der Waals surface area contributed by atoms with E-state index in [0.29, 0.717) is 28.5 Å². The Hall–Kier alpha value is -2.58.